The van der Waals surface area contributed by atoms with Crippen LogP contribution in [0, 0.1) is 18.8 Å². The van der Waals surface area contributed by atoms with E-state index >= 15 is 0 Å². The summed E-state index contributed by atoms with van der Waals surface area (Å²) < 4.78 is 39.6. The number of nitrogens with zero attached hydrogens (tertiary/aromatic N) is 1. The van der Waals surface area contributed by atoms with E-state index in [1.807, 2.05) is 43.3 Å². The van der Waals surface area contributed by atoms with Crippen LogP contribution in [0.1, 0.15) is 68.1 Å². The Morgan fingerprint density at radius 2 is 1.55 bits per heavy atom. The number of benzene rings is 2. The first kappa shape index (κ1) is 23.8. The van der Waals surface area contributed by atoms with Crippen LogP contribution in [0.4, 0.5) is 13.2 Å². The lowest BCUT2D eigenvalue weighted by Gasteiger charge is -2.38. The SMILES string of the molecule is CCC1CCC(CN2CCCC2)CC1c1cc(C(F)(F)F)ccc1C.c1ccccc1. The topological polar surface area (TPSA) is 3.24 Å². The van der Waals surface area contributed by atoms with Crippen molar-refractivity contribution in [2.45, 2.75) is 64.5 Å². The maximum absolute atomic E-state index is 13.2. The summed E-state index contributed by atoms with van der Waals surface area (Å²) in [7, 11) is 0. The van der Waals surface area contributed by atoms with Crippen LogP contribution < -0.4 is 0 Å². The molecule has 2 fully saturated rings. The van der Waals surface area contributed by atoms with Crippen molar-refractivity contribution in [3.63, 3.8) is 0 Å². The molecule has 2 aromatic rings. The fourth-order valence-corrected chi connectivity index (χ4v) is 5.29. The van der Waals surface area contributed by atoms with Gasteiger partial charge in [-0.15, -0.1) is 0 Å². The summed E-state index contributed by atoms with van der Waals surface area (Å²) in [5.41, 5.74) is 1.45. The van der Waals surface area contributed by atoms with Gasteiger partial charge >= 0.3 is 6.18 Å². The molecular weight excluding hydrogens is 395 g/mol. The van der Waals surface area contributed by atoms with E-state index in [1.165, 1.54) is 44.5 Å². The lowest BCUT2D eigenvalue weighted by atomic mass is 9.69. The van der Waals surface area contributed by atoms with E-state index in [4.69, 9.17) is 0 Å². The summed E-state index contributed by atoms with van der Waals surface area (Å²) in [6.45, 7) is 7.67. The normalized spacial score (nSPS) is 24.5. The Hall–Kier alpha value is -1.81. The quantitative estimate of drug-likeness (QED) is 0.479. The molecule has 1 aliphatic carbocycles. The van der Waals surface area contributed by atoms with Crippen molar-refractivity contribution in [3.8, 4) is 0 Å². The maximum atomic E-state index is 13.2. The number of alkyl halides is 3. The Balaban J connectivity index is 0.000000391. The molecular formula is C27H36F3N. The zero-order chi connectivity index (χ0) is 22.3. The molecule has 1 heterocycles. The van der Waals surface area contributed by atoms with Gasteiger partial charge in [0.05, 0.1) is 5.56 Å². The monoisotopic (exact) mass is 431 g/mol. The van der Waals surface area contributed by atoms with Crippen molar-refractivity contribution in [3.05, 3.63) is 71.3 Å². The van der Waals surface area contributed by atoms with Crippen LogP contribution in [-0.4, -0.2) is 24.5 Å². The molecule has 2 aliphatic rings. The van der Waals surface area contributed by atoms with Crippen molar-refractivity contribution >= 4 is 0 Å². The average Bonchev–Trinajstić information content (AvgIpc) is 3.28. The van der Waals surface area contributed by atoms with Gasteiger partial charge in [-0.1, -0.05) is 55.8 Å². The third kappa shape index (κ3) is 6.83. The lowest BCUT2D eigenvalue weighted by Crippen LogP contribution is -2.32. The molecule has 31 heavy (non-hydrogen) atoms. The van der Waals surface area contributed by atoms with Gasteiger partial charge in [-0.2, -0.15) is 13.2 Å². The second-order valence-corrected chi connectivity index (χ2v) is 9.19. The number of halogens is 3. The Labute approximate surface area is 185 Å². The van der Waals surface area contributed by atoms with Crippen molar-refractivity contribution in [1.82, 2.24) is 4.90 Å². The number of hydrogen-bond acceptors (Lipinski definition) is 1. The van der Waals surface area contributed by atoms with Crippen LogP contribution in [0.5, 0.6) is 0 Å². The first-order chi connectivity index (χ1) is 14.9. The second-order valence-electron chi connectivity index (χ2n) is 9.19. The maximum Gasteiger partial charge on any atom is 0.416 e. The standard InChI is InChI=1S/C21H30F3N.C6H6/c1-3-17-8-7-16(14-25-10-4-5-11-25)12-20(17)19-13-18(21(22,23)24)9-6-15(19)2;1-2-4-6-5-3-1/h6,9,13,16-17,20H,3-5,7-8,10-12,14H2,1-2H3;1-6H. The van der Waals surface area contributed by atoms with E-state index in [9.17, 15) is 13.2 Å². The molecule has 1 saturated carbocycles. The first-order valence-electron chi connectivity index (χ1n) is 11.8. The molecule has 0 aromatic heterocycles. The van der Waals surface area contributed by atoms with Crippen molar-refractivity contribution in [1.29, 1.82) is 0 Å². The zero-order valence-electron chi connectivity index (χ0n) is 18.9. The molecule has 170 valence electrons. The summed E-state index contributed by atoms with van der Waals surface area (Å²) in [6.07, 6.45) is 2.79. The molecule has 3 atom stereocenters. The van der Waals surface area contributed by atoms with E-state index in [0.29, 0.717) is 11.8 Å². The van der Waals surface area contributed by atoms with Crippen LogP contribution in [0.25, 0.3) is 0 Å². The van der Waals surface area contributed by atoms with Crippen molar-refractivity contribution in [2.75, 3.05) is 19.6 Å². The molecule has 0 bridgehead atoms. The molecule has 4 heteroatoms. The summed E-state index contributed by atoms with van der Waals surface area (Å²) in [5.74, 6) is 1.41. The molecule has 1 saturated heterocycles. The number of hydrogen-bond donors (Lipinski definition) is 0. The largest absolute Gasteiger partial charge is 0.416 e. The molecule has 2 aromatic carbocycles. The highest BCUT2D eigenvalue weighted by molar-refractivity contribution is 5.36. The van der Waals surface area contributed by atoms with Gasteiger partial charge in [0.15, 0.2) is 0 Å². The molecule has 0 amide bonds. The van der Waals surface area contributed by atoms with Gasteiger partial charge in [0.1, 0.15) is 0 Å². The minimum absolute atomic E-state index is 0.272. The summed E-state index contributed by atoms with van der Waals surface area (Å²) in [4.78, 5) is 2.55. The van der Waals surface area contributed by atoms with Crippen LogP contribution in [0.15, 0.2) is 54.6 Å². The van der Waals surface area contributed by atoms with Gasteiger partial charge < -0.3 is 4.90 Å². The third-order valence-corrected chi connectivity index (χ3v) is 7.01. The molecule has 1 nitrogen and oxygen atoms in total. The molecule has 0 N–H and O–H groups in total. The minimum Gasteiger partial charge on any atom is -0.303 e. The highest BCUT2D eigenvalue weighted by Crippen LogP contribution is 2.44. The fraction of sp³-hybridized carbons (Fsp3) is 0.556. The van der Waals surface area contributed by atoms with E-state index in [2.05, 4.69) is 11.8 Å². The lowest BCUT2D eigenvalue weighted by molar-refractivity contribution is -0.137. The number of likely N-dealkylation sites (tertiary alicyclic amines) is 1. The zero-order valence-corrected chi connectivity index (χ0v) is 18.9. The predicted molar refractivity (Wildman–Crippen MR) is 122 cm³/mol. The number of aryl methyl sites for hydroxylation is 1. The van der Waals surface area contributed by atoms with Crippen molar-refractivity contribution < 1.29 is 13.2 Å². The van der Waals surface area contributed by atoms with Crippen LogP contribution >= 0.6 is 0 Å². The van der Waals surface area contributed by atoms with E-state index < -0.39 is 11.7 Å². The van der Waals surface area contributed by atoms with Crippen LogP contribution in [0.3, 0.4) is 0 Å². The van der Waals surface area contributed by atoms with Gasteiger partial charge in [0, 0.05) is 6.54 Å². The molecule has 0 radical (unpaired) electrons. The first-order valence-corrected chi connectivity index (χ1v) is 11.8. The molecule has 3 unspecified atom stereocenters. The Morgan fingerprint density at radius 1 is 0.935 bits per heavy atom. The second kappa shape index (κ2) is 11.2. The van der Waals surface area contributed by atoms with Gasteiger partial charge in [-0.25, -0.2) is 0 Å². The minimum atomic E-state index is -4.26. The average molecular weight is 432 g/mol. The van der Waals surface area contributed by atoms with E-state index in [0.717, 1.165) is 36.9 Å². The van der Waals surface area contributed by atoms with Crippen molar-refractivity contribution in [2.24, 2.45) is 11.8 Å². The molecule has 1 aliphatic heterocycles. The Bertz CT molecular complexity index is 754. The van der Waals surface area contributed by atoms with Crippen LogP contribution in [0.2, 0.25) is 0 Å². The van der Waals surface area contributed by atoms with Gasteiger partial charge in [0.25, 0.3) is 0 Å². The fourth-order valence-electron chi connectivity index (χ4n) is 5.29. The third-order valence-electron chi connectivity index (χ3n) is 7.01. The highest BCUT2D eigenvalue weighted by Gasteiger charge is 2.35. The van der Waals surface area contributed by atoms with Crippen LogP contribution in [-0.2, 0) is 6.18 Å². The molecule has 4 rings (SSSR count). The van der Waals surface area contributed by atoms with Gasteiger partial charge in [0.2, 0.25) is 0 Å². The summed E-state index contributed by atoms with van der Waals surface area (Å²) in [5, 5.41) is 0. The summed E-state index contributed by atoms with van der Waals surface area (Å²) >= 11 is 0. The smallest absolute Gasteiger partial charge is 0.303 e. The van der Waals surface area contributed by atoms with E-state index in [1.54, 1.807) is 6.07 Å². The van der Waals surface area contributed by atoms with Gasteiger partial charge in [-0.05, 0) is 93.1 Å². The molecule has 0 spiro atoms. The Morgan fingerprint density at radius 3 is 2.10 bits per heavy atom. The summed E-state index contributed by atoms with van der Waals surface area (Å²) in [6, 6.07) is 16.3. The van der Waals surface area contributed by atoms with Gasteiger partial charge in [-0.3, -0.25) is 0 Å². The number of rotatable bonds is 4. The predicted octanol–water partition coefficient (Wildman–Crippen LogP) is 7.71. The Kier molecular flexibility index (Phi) is 8.59. The van der Waals surface area contributed by atoms with E-state index in [-0.39, 0.29) is 5.92 Å². The highest BCUT2D eigenvalue weighted by atomic mass is 19.4.